The fourth-order valence-corrected chi connectivity index (χ4v) is 4.32. The van der Waals surface area contributed by atoms with Crippen LogP contribution in [-0.4, -0.2) is 32.4 Å². The normalized spacial score (nSPS) is 21.2. The molecule has 0 aliphatic carbocycles. The highest BCUT2D eigenvalue weighted by Gasteiger charge is 2.34. The second-order valence-electron chi connectivity index (χ2n) is 4.76. The molecule has 4 nitrogen and oxygen atoms in total. The second kappa shape index (κ2) is 4.90. The maximum absolute atomic E-state index is 12.6. The predicted molar refractivity (Wildman–Crippen MR) is 70.3 cm³/mol. The number of rotatable bonds is 3. The summed E-state index contributed by atoms with van der Waals surface area (Å²) < 4.78 is 32.0. The molecule has 1 aliphatic heterocycles. The Morgan fingerprint density at radius 1 is 1.39 bits per heavy atom. The van der Waals surface area contributed by atoms with Crippen molar-refractivity contribution in [3.05, 3.63) is 23.8 Å². The van der Waals surface area contributed by atoms with E-state index in [1.165, 1.54) is 7.11 Å². The van der Waals surface area contributed by atoms with Gasteiger partial charge in [-0.3, -0.25) is 0 Å². The van der Waals surface area contributed by atoms with Gasteiger partial charge in [0.25, 0.3) is 0 Å². The largest absolute Gasteiger partial charge is 0.495 e. The summed E-state index contributed by atoms with van der Waals surface area (Å²) in [6, 6.07) is 5.31. The lowest BCUT2D eigenvalue weighted by Crippen LogP contribution is -2.33. The Morgan fingerprint density at radius 3 is 2.67 bits per heavy atom. The molecule has 0 saturated carbocycles. The van der Waals surface area contributed by atoms with Crippen molar-refractivity contribution in [3.63, 3.8) is 0 Å². The predicted octanol–water partition coefficient (Wildman–Crippen LogP) is 2.18. The summed E-state index contributed by atoms with van der Waals surface area (Å²) in [4.78, 5) is 0.277. The Bertz CT molecular complexity index is 539. The van der Waals surface area contributed by atoms with Crippen LogP contribution in [0.4, 0.5) is 0 Å². The van der Waals surface area contributed by atoms with Gasteiger partial charge in [0.2, 0.25) is 10.0 Å². The first kappa shape index (κ1) is 13.4. The van der Waals surface area contributed by atoms with Crippen molar-refractivity contribution in [2.75, 3.05) is 13.7 Å². The molecule has 0 amide bonds. The van der Waals surface area contributed by atoms with E-state index in [4.69, 9.17) is 4.74 Å². The maximum Gasteiger partial charge on any atom is 0.247 e. The average Bonchev–Trinajstić information content (AvgIpc) is 2.76. The minimum Gasteiger partial charge on any atom is -0.495 e. The van der Waals surface area contributed by atoms with Crippen LogP contribution in [0, 0.1) is 6.92 Å². The van der Waals surface area contributed by atoms with Crippen LogP contribution >= 0.6 is 0 Å². The number of ether oxygens (including phenoxy) is 1. The van der Waals surface area contributed by atoms with Gasteiger partial charge in [0.15, 0.2) is 0 Å². The van der Waals surface area contributed by atoms with Crippen LogP contribution in [0.5, 0.6) is 5.75 Å². The van der Waals surface area contributed by atoms with Crippen LogP contribution in [-0.2, 0) is 10.0 Å². The van der Waals surface area contributed by atoms with E-state index in [1.54, 1.807) is 16.4 Å². The summed E-state index contributed by atoms with van der Waals surface area (Å²) in [7, 11) is -1.95. The number of benzene rings is 1. The van der Waals surface area contributed by atoms with Crippen LogP contribution in [0.15, 0.2) is 23.1 Å². The van der Waals surface area contributed by atoms with Gasteiger partial charge in [0.1, 0.15) is 10.6 Å². The molecule has 1 aromatic carbocycles. The molecule has 5 heteroatoms. The third-order valence-corrected chi connectivity index (χ3v) is 5.43. The number of sulfonamides is 1. The average molecular weight is 269 g/mol. The highest BCUT2D eigenvalue weighted by atomic mass is 32.2. The standard InChI is InChI=1S/C13H19NO3S/c1-10-6-7-12(17-3)13(9-10)18(15,16)14-8-4-5-11(14)2/h6-7,9,11H,4-5,8H2,1-3H3. The van der Waals surface area contributed by atoms with Crippen molar-refractivity contribution < 1.29 is 13.2 Å². The Balaban J connectivity index is 2.49. The van der Waals surface area contributed by atoms with Gasteiger partial charge in [-0.15, -0.1) is 0 Å². The number of nitrogens with zero attached hydrogens (tertiary/aromatic N) is 1. The molecule has 1 saturated heterocycles. The van der Waals surface area contributed by atoms with Crippen molar-refractivity contribution in [3.8, 4) is 5.75 Å². The molecule has 0 N–H and O–H groups in total. The molecule has 1 aromatic rings. The molecule has 2 rings (SSSR count). The molecule has 0 radical (unpaired) electrons. The summed E-state index contributed by atoms with van der Waals surface area (Å²) in [5.74, 6) is 0.416. The highest BCUT2D eigenvalue weighted by molar-refractivity contribution is 7.89. The lowest BCUT2D eigenvalue weighted by molar-refractivity contribution is 0.386. The minimum atomic E-state index is -3.44. The molecule has 0 aromatic heterocycles. The summed E-state index contributed by atoms with van der Waals surface area (Å²) in [5, 5.41) is 0. The topological polar surface area (TPSA) is 46.6 Å². The molecule has 0 spiro atoms. The van der Waals surface area contributed by atoms with Crippen molar-refractivity contribution in [1.29, 1.82) is 0 Å². The van der Waals surface area contributed by atoms with Crippen LogP contribution < -0.4 is 4.74 Å². The smallest absolute Gasteiger partial charge is 0.247 e. The van der Waals surface area contributed by atoms with Gasteiger partial charge in [-0.25, -0.2) is 8.42 Å². The van der Waals surface area contributed by atoms with E-state index in [-0.39, 0.29) is 10.9 Å². The van der Waals surface area contributed by atoms with Crippen LogP contribution in [0.2, 0.25) is 0 Å². The molecule has 1 fully saturated rings. The van der Waals surface area contributed by atoms with E-state index in [9.17, 15) is 8.42 Å². The molecule has 1 unspecified atom stereocenters. The zero-order valence-corrected chi connectivity index (χ0v) is 11.8. The van der Waals surface area contributed by atoms with Gasteiger partial charge in [0.05, 0.1) is 7.11 Å². The quantitative estimate of drug-likeness (QED) is 0.845. The number of hydrogen-bond acceptors (Lipinski definition) is 3. The SMILES string of the molecule is COc1ccc(C)cc1S(=O)(=O)N1CCCC1C. The monoisotopic (exact) mass is 269 g/mol. The summed E-state index contributed by atoms with van der Waals surface area (Å²) in [5.41, 5.74) is 0.918. The summed E-state index contributed by atoms with van der Waals surface area (Å²) in [6.45, 7) is 4.43. The van der Waals surface area contributed by atoms with E-state index >= 15 is 0 Å². The molecule has 1 aliphatic rings. The van der Waals surface area contributed by atoms with E-state index in [0.717, 1.165) is 18.4 Å². The third kappa shape index (κ3) is 2.24. The van der Waals surface area contributed by atoms with E-state index in [1.807, 2.05) is 19.9 Å². The van der Waals surface area contributed by atoms with Gasteiger partial charge < -0.3 is 4.74 Å². The first-order valence-corrected chi connectivity index (χ1v) is 7.57. The van der Waals surface area contributed by atoms with Crippen LogP contribution in [0.1, 0.15) is 25.3 Å². The summed E-state index contributed by atoms with van der Waals surface area (Å²) in [6.07, 6.45) is 1.85. The summed E-state index contributed by atoms with van der Waals surface area (Å²) >= 11 is 0. The Morgan fingerprint density at radius 2 is 2.11 bits per heavy atom. The van der Waals surface area contributed by atoms with E-state index in [2.05, 4.69) is 0 Å². The van der Waals surface area contributed by atoms with Gasteiger partial charge in [0, 0.05) is 12.6 Å². The van der Waals surface area contributed by atoms with Gasteiger partial charge in [-0.1, -0.05) is 6.07 Å². The molecule has 100 valence electrons. The fraction of sp³-hybridized carbons (Fsp3) is 0.538. The molecule has 18 heavy (non-hydrogen) atoms. The molecule has 1 heterocycles. The molecular formula is C13H19NO3S. The zero-order valence-electron chi connectivity index (χ0n) is 11.0. The Hall–Kier alpha value is -1.07. The van der Waals surface area contributed by atoms with Crippen LogP contribution in [0.25, 0.3) is 0 Å². The van der Waals surface area contributed by atoms with Gasteiger partial charge in [-0.05, 0) is 44.4 Å². The molecule has 0 bridgehead atoms. The third-order valence-electron chi connectivity index (χ3n) is 3.40. The number of aryl methyl sites for hydroxylation is 1. The fourth-order valence-electron chi connectivity index (χ4n) is 2.38. The van der Waals surface area contributed by atoms with E-state index < -0.39 is 10.0 Å². The van der Waals surface area contributed by atoms with Crippen molar-refractivity contribution in [2.45, 2.75) is 37.6 Å². The second-order valence-corrected chi connectivity index (χ2v) is 6.62. The van der Waals surface area contributed by atoms with Gasteiger partial charge >= 0.3 is 0 Å². The zero-order chi connectivity index (χ0) is 13.3. The van der Waals surface area contributed by atoms with Crippen molar-refractivity contribution >= 4 is 10.0 Å². The minimum absolute atomic E-state index is 0.0696. The molecular weight excluding hydrogens is 250 g/mol. The highest BCUT2D eigenvalue weighted by Crippen LogP contribution is 2.31. The maximum atomic E-state index is 12.6. The molecule has 1 atom stereocenters. The van der Waals surface area contributed by atoms with Gasteiger partial charge in [-0.2, -0.15) is 4.31 Å². The van der Waals surface area contributed by atoms with Crippen LogP contribution in [0.3, 0.4) is 0 Å². The first-order valence-electron chi connectivity index (χ1n) is 6.13. The number of methoxy groups -OCH3 is 1. The Labute approximate surface area is 109 Å². The van der Waals surface area contributed by atoms with E-state index in [0.29, 0.717) is 12.3 Å². The Kier molecular flexibility index (Phi) is 3.64. The van der Waals surface area contributed by atoms with Crippen molar-refractivity contribution in [2.24, 2.45) is 0 Å². The van der Waals surface area contributed by atoms with Crippen molar-refractivity contribution in [1.82, 2.24) is 4.31 Å². The lowest BCUT2D eigenvalue weighted by Gasteiger charge is -2.22. The first-order chi connectivity index (χ1) is 8.46. The lowest BCUT2D eigenvalue weighted by atomic mass is 10.2. The number of hydrogen-bond donors (Lipinski definition) is 0.